The first-order chi connectivity index (χ1) is 15.3. The van der Waals surface area contributed by atoms with E-state index in [2.05, 4.69) is 0 Å². The lowest BCUT2D eigenvalue weighted by Gasteiger charge is -2.42. The number of esters is 1. The molecule has 2 aromatic rings. The maximum Gasteiger partial charge on any atom is 0.342 e. The van der Waals surface area contributed by atoms with Crippen LogP contribution in [0, 0.1) is 5.41 Å². The third-order valence-electron chi connectivity index (χ3n) is 7.14. The predicted molar refractivity (Wildman–Crippen MR) is 121 cm³/mol. The normalized spacial score (nSPS) is 23.7. The van der Waals surface area contributed by atoms with Crippen LogP contribution in [0.3, 0.4) is 0 Å². The topological polar surface area (TPSA) is 107 Å². The molecule has 2 aromatic carbocycles. The molecular weight excluding hydrogens is 424 g/mol. The Bertz CT molecular complexity index is 1250. The Morgan fingerprint density at radius 3 is 2.45 bits per heavy atom. The molecule has 1 aliphatic heterocycles. The van der Waals surface area contributed by atoms with Gasteiger partial charge in [0.1, 0.15) is 28.9 Å². The second-order valence-electron chi connectivity index (χ2n) is 9.92. The first-order valence-corrected chi connectivity index (χ1v) is 11.0. The van der Waals surface area contributed by atoms with Crippen LogP contribution < -0.4 is 4.74 Å². The number of rotatable bonds is 4. The van der Waals surface area contributed by atoms with E-state index in [0.717, 1.165) is 0 Å². The number of methoxy groups -OCH3 is 1. The number of carbonyl (C=O) groups is 4. The van der Waals surface area contributed by atoms with E-state index in [0.29, 0.717) is 34.1 Å². The van der Waals surface area contributed by atoms with Crippen molar-refractivity contribution in [2.45, 2.75) is 65.4 Å². The molecule has 7 nitrogen and oxygen atoms in total. The molecule has 2 atom stereocenters. The molecule has 0 aromatic heterocycles. The minimum Gasteiger partial charge on any atom is -0.507 e. The molecule has 0 bridgehead atoms. The molecular formula is C26H28O7. The summed E-state index contributed by atoms with van der Waals surface area (Å²) in [5, 5.41) is 12.5. The van der Waals surface area contributed by atoms with Gasteiger partial charge in [0.2, 0.25) is 0 Å². The summed E-state index contributed by atoms with van der Waals surface area (Å²) in [6, 6.07) is 3.36. The monoisotopic (exact) mass is 452 g/mol. The van der Waals surface area contributed by atoms with Crippen LogP contribution >= 0.6 is 0 Å². The van der Waals surface area contributed by atoms with Crippen molar-refractivity contribution in [3.63, 3.8) is 0 Å². The van der Waals surface area contributed by atoms with E-state index < -0.39 is 28.7 Å². The summed E-state index contributed by atoms with van der Waals surface area (Å²) in [5.41, 5.74) is -1.21. The molecule has 2 unspecified atom stereocenters. The molecule has 0 amide bonds. The van der Waals surface area contributed by atoms with Gasteiger partial charge in [0.15, 0.2) is 11.6 Å². The van der Waals surface area contributed by atoms with E-state index in [1.165, 1.54) is 14.0 Å². The second-order valence-corrected chi connectivity index (χ2v) is 9.92. The summed E-state index contributed by atoms with van der Waals surface area (Å²) < 4.78 is 10.8. The average Bonchev–Trinajstić information content (AvgIpc) is 2.74. The summed E-state index contributed by atoms with van der Waals surface area (Å²) in [6.07, 6.45) is 0.0955. The van der Waals surface area contributed by atoms with Crippen molar-refractivity contribution >= 4 is 34.1 Å². The summed E-state index contributed by atoms with van der Waals surface area (Å²) >= 11 is 0. The number of benzene rings is 2. The van der Waals surface area contributed by atoms with Gasteiger partial charge in [0, 0.05) is 18.2 Å². The van der Waals surface area contributed by atoms with Gasteiger partial charge in [-0.2, -0.15) is 0 Å². The Morgan fingerprint density at radius 2 is 1.85 bits per heavy atom. The highest BCUT2D eigenvalue weighted by Crippen LogP contribution is 2.51. The van der Waals surface area contributed by atoms with E-state index in [4.69, 9.17) is 9.47 Å². The molecule has 1 heterocycles. The zero-order chi connectivity index (χ0) is 24.5. The molecule has 4 rings (SSSR count). The van der Waals surface area contributed by atoms with Gasteiger partial charge < -0.3 is 19.4 Å². The number of phenolic OH excluding ortho intramolecular Hbond substituents is 1. The standard InChI is InChI=1S/C26H28O7/c1-12(27)7-8-26(5)22(29)20-16(25(3,4)24(26)31)10-14-11-17(32-6)19-15(18(14)21(20)28)9-13(2)33-23(19)30/h10-11,13,28H,7-9H2,1-6H3. The zero-order valence-electron chi connectivity index (χ0n) is 19.8. The number of hydrogen-bond acceptors (Lipinski definition) is 7. The average molecular weight is 453 g/mol. The van der Waals surface area contributed by atoms with E-state index >= 15 is 0 Å². The number of ketones is 3. The van der Waals surface area contributed by atoms with Gasteiger partial charge in [-0.25, -0.2) is 4.79 Å². The molecule has 1 N–H and O–H groups in total. The lowest BCUT2D eigenvalue weighted by molar-refractivity contribution is -0.131. The fourth-order valence-electron chi connectivity index (χ4n) is 5.33. The number of ether oxygens (including phenoxy) is 2. The van der Waals surface area contributed by atoms with Crippen LogP contribution in [0.5, 0.6) is 11.5 Å². The number of aromatic hydroxyl groups is 1. The van der Waals surface area contributed by atoms with Gasteiger partial charge in [-0.05, 0) is 69.7 Å². The van der Waals surface area contributed by atoms with Crippen molar-refractivity contribution in [3.05, 3.63) is 34.4 Å². The van der Waals surface area contributed by atoms with Crippen molar-refractivity contribution < 1.29 is 33.8 Å². The van der Waals surface area contributed by atoms with Crippen molar-refractivity contribution in [2.24, 2.45) is 5.41 Å². The van der Waals surface area contributed by atoms with Gasteiger partial charge in [-0.1, -0.05) is 0 Å². The maximum absolute atomic E-state index is 13.7. The second kappa shape index (κ2) is 7.40. The lowest BCUT2D eigenvalue weighted by atomic mass is 9.58. The Kier molecular flexibility index (Phi) is 5.15. The summed E-state index contributed by atoms with van der Waals surface area (Å²) in [4.78, 5) is 51.6. The number of carbonyl (C=O) groups excluding carboxylic acids is 4. The van der Waals surface area contributed by atoms with Crippen molar-refractivity contribution in [1.82, 2.24) is 0 Å². The largest absolute Gasteiger partial charge is 0.507 e. The summed E-state index contributed by atoms with van der Waals surface area (Å²) in [5.74, 6) is -1.38. The molecule has 0 spiro atoms. The number of hydrogen-bond donors (Lipinski definition) is 1. The lowest BCUT2D eigenvalue weighted by Crippen LogP contribution is -2.51. The fraction of sp³-hybridized carbons (Fsp3) is 0.462. The number of phenols is 1. The van der Waals surface area contributed by atoms with Gasteiger partial charge in [-0.15, -0.1) is 0 Å². The van der Waals surface area contributed by atoms with Crippen molar-refractivity contribution in [3.8, 4) is 11.5 Å². The molecule has 0 fully saturated rings. The highest BCUT2D eigenvalue weighted by molar-refractivity contribution is 6.24. The van der Waals surface area contributed by atoms with E-state index in [9.17, 15) is 24.3 Å². The highest BCUT2D eigenvalue weighted by atomic mass is 16.5. The van der Waals surface area contributed by atoms with Crippen LogP contribution in [0.25, 0.3) is 10.8 Å². The predicted octanol–water partition coefficient (Wildman–Crippen LogP) is 4.07. The quantitative estimate of drug-likeness (QED) is 0.550. The Balaban J connectivity index is 2.08. The van der Waals surface area contributed by atoms with Crippen LogP contribution in [0.15, 0.2) is 12.1 Å². The third kappa shape index (κ3) is 3.16. The SMILES string of the molecule is COc1cc2cc3c(c(O)c2c2c1C(=O)OC(C)C2)C(=O)C(C)(CCC(C)=O)C(=O)C3(C)C. The Labute approximate surface area is 192 Å². The molecule has 7 heteroatoms. The van der Waals surface area contributed by atoms with E-state index in [1.807, 2.05) is 0 Å². The molecule has 0 saturated heterocycles. The minimum atomic E-state index is -1.44. The maximum atomic E-state index is 13.7. The molecule has 2 aliphatic rings. The van der Waals surface area contributed by atoms with Crippen molar-refractivity contribution in [2.75, 3.05) is 7.11 Å². The molecule has 174 valence electrons. The van der Waals surface area contributed by atoms with Gasteiger partial charge >= 0.3 is 5.97 Å². The van der Waals surface area contributed by atoms with Gasteiger partial charge in [-0.3, -0.25) is 9.59 Å². The van der Waals surface area contributed by atoms with Crippen LogP contribution in [-0.2, 0) is 26.2 Å². The van der Waals surface area contributed by atoms with Crippen LogP contribution in [0.1, 0.15) is 79.3 Å². The van der Waals surface area contributed by atoms with Gasteiger partial charge in [0.25, 0.3) is 0 Å². The number of Topliss-reactive ketones (excluding diaryl/α,β-unsaturated/α-hetero) is 3. The zero-order valence-corrected chi connectivity index (χ0v) is 19.8. The van der Waals surface area contributed by atoms with Crippen LogP contribution in [-0.4, -0.2) is 41.6 Å². The van der Waals surface area contributed by atoms with E-state index in [-0.39, 0.29) is 41.3 Å². The highest BCUT2D eigenvalue weighted by Gasteiger charge is 2.55. The molecule has 0 radical (unpaired) electrons. The van der Waals surface area contributed by atoms with Gasteiger partial charge in [0.05, 0.1) is 23.5 Å². The third-order valence-corrected chi connectivity index (χ3v) is 7.14. The molecule has 1 aliphatic carbocycles. The fourth-order valence-corrected chi connectivity index (χ4v) is 5.33. The molecule has 33 heavy (non-hydrogen) atoms. The summed E-state index contributed by atoms with van der Waals surface area (Å²) in [7, 11) is 1.45. The first-order valence-electron chi connectivity index (χ1n) is 11.0. The smallest absolute Gasteiger partial charge is 0.342 e. The number of cyclic esters (lactones) is 1. The Hall–Kier alpha value is -3.22. The van der Waals surface area contributed by atoms with Crippen LogP contribution in [0.2, 0.25) is 0 Å². The van der Waals surface area contributed by atoms with Crippen molar-refractivity contribution in [1.29, 1.82) is 0 Å². The first kappa shape index (κ1) is 23.0. The number of fused-ring (bicyclic) bond motifs is 4. The summed E-state index contributed by atoms with van der Waals surface area (Å²) in [6.45, 7) is 8.19. The molecule has 0 saturated carbocycles. The Morgan fingerprint density at radius 1 is 1.18 bits per heavy atom. The van der Waals surface area contributed by atoms with E-state index in [1.54, 1.807) is 39.8 Å². The van der Waals surface area contributed by atoms with Crippen LogP contribution in [0.4, 0.5) is 0 Å². The minimum absolute atomic E-state index is 0.0738.